The van der Waals surface area contributed by atoms with Gasteiger partial charge in [-0.05, 0) is 30.5 Å². The van der Waals surface area contributed by atoms with E-state index in [2.05, 4.69) is 24.8 Å². The van der Waals surface area contributed by atoms with E-state index < -0.39 is 0 Å². The molecule has 20 heavy (non-hydrogen) atoms. The third-order valence-electron chi connectivity index (χ3n) is 3.19. The molecule has 2 aromatic heterocycles. The van der Waals surface area contributed by atoms with Crippen molar-refractivity contribution in [1.29, 1.82) is 0 Å². The minimum Gasteiger partial charge on any atom is -0.481 e. The Morgan fingerprint density at radius 1 is 1.20 bits per heavy atom. The third-order valence-corrected chi connectivity index (χ3v) is 3.36. The Morgan fingerprint density at radius 3 is 2.75 bits per heavy atom. The summed E-state index contributed by atoms with van der Waals surface area (Å²) in [6, 6.07) is 3.60. The second kappa shape index (κ2) is 5.58. The summed E-state index contributed by atoms with van der Waals surface area (Å²) in [5.41, 5.74) is 0.807. The SMILES string of the molecule is COc1cc(-c2nc(Cl)nc(N3CCCC3)n2)ccn1. The maximum Gasteiger partial charge on any atom is 0.230 e. The van der Waals surface area contributed by atoms with Crippen LogP contribution in [0.4, 0.5) is 5.95 Å². The van der Waals surface area contributed by atoms with E-state index in [1.807, 2.05) is 6.07 Å². The van der Waals surface area contributed by atoms with Crippen molar-refractivity contribution in [2.75, 3.05) is 25.1 Å². The fraction of sp³-hybridized carbons (Fsp3) is 0.385. The van der Waals surface area contributed by atoms with Gasteiger partial charge in [-0.1, -0.05) is 0 Å². The van der Waals surface area contributed by atoms with Gasteiger partial charge in [-0.2, -0.15) is 15.0 Å². The number of nitrogens with zero attached hydrogens (tertiary/aromatic N) is 5. The van der Waals surface area contributed by atoms with Crippen molar-refractivity contribution < 1.29 is 4.74 Å². The van der Waals surface area contributed by atoms with Gasteiger partial charge in [0.15, 0.2) is 5.82 Å². The first kappa shape index (κ1) is 13.1. The third kappa shape index (κ3) is 2.65. The van der Waals surface area contributed by atoms with Crippen molar-refractivity contribution in [1.82, 2.24) is 19.9 Å². The van der Waals surface area contributed by atoms with Crippen molar-refractivity contribution in [3.05, 3.63) is 23.6 Å². The van der Waals surface area contributed by atoms with Gasteiger partial charge in [-0.15, -0.1) is 0 Å². The zero-order valence-electron chi connectivity index (χ0n) is 11.1. The lowest BCUT2D eigenvalue weighted by Crippen LogP contribution is -2.21. The Hall–Kier alpha value is -1.95. The number of hydrogen-bond acceptors (Lipinski definition) is 6. The van der Waals surface area contributed by atoms with Crippen LogP contribution < -0.4 is 9.64 Å². The van der Waals surface area contributed by atoms with Crippen LogP contribution in [0.2, 0.25) is 5.28 Å². The molecule has 0 atom stereocenters. The van der Waals surface area contributed by atoms with Crippen LogP contribution in [0.3, 0.4) is 0 Å². The first-order chi connectivity index (χ1) is 9.76. The van der Waals surface area contributed by atoms with E-state index in [1.54, 1.807) is 19.4 Å². The van der Waals surface area contributed by atoms with Crippen molar-refractivity contribution in [3.8, 4) is 17.3 Å². The van der Waals surface area contributed by atoms with Gasteiger partial charge in [0.05, 0.1) is 7.11 Å². The van der Waals surface area contributed by atoms with Crippen molar-refractivity contribution >= 4 is 17.5 Å². The van der Waals surface area contributed by atoms with Crippen LogP contribution in [0.1, 0.15) is 12.8 Å². The van der Waals surface area contributed by atoms with Crippen molar-refractivity contribution in [2.45, 2.75) is 12.8 Å². The summed E-state index contributed by atoms with van der Waals surface area (Å²) >= 11 is 6.02. The molecule has 0 aromatic carbocycles. The normalized spacial score (nSPS) is 14.6. The summed E-state index contributed by atoms with van der Waals surface area (Å²) in [5.74, 6) is 1.68. The van der Waals surface area contributed by atoms with Gasteiger partial charge in [0.25, 0.3) is 0 Å². The van der Waals surface area contributed by atoms with Crippen LogP contribution in [-0.4, -0.2) is 40.1 Å². The van der Waals surface area contributed by atoms with Crippen LogP contribution in [0.25, 0.3) is 11.4 Å². The molecule has 0 bridgehead atoms. The quantitative estimate of drug-likeness (QED) is 0.864. The van der Waals surface area contributed by atoms with E-state index in [1.165, 1.54) is 0 Å². The molecule has 3 heterocycles. The number of pyridine rings is 1. The van der Waals surface area contributed by atoms with Crippen molar-refractivity contribution in [3.63, 3.8) is 0 Å². The highest BCUT2D eigenvalue weighted by Gasteiger charge is 2.17. The molecule has 0 aliphatic carbocycles. The van der Waals surface area contributed by atoms with Crippen LogP contribution in [0.5, 0.6) is 5.88 Å². The fourth-order valence-corrected chi connectivity index (χ4v) is 2.34. The molecule has 0 N–H and O–H groups in total. The average molecular weight is 292 g/mol. The number of hydrogen-bond donors (Lipinski definition) is 0. The maximum absolute atomic E-state index is 6.02. The molecule has 1 saturated heterocycles. The Labute approximate surface area is 121 Å². The number of ether oxygens (including phenoxy) is 1. The van der Waals surface area contributed by atoms with E-state index in [0.717, 1.165) is 31.5 Å². The smallest absolute Gasteiger partial charge is 0.230 e. The van der Waals surface area contributed by atoms with Crippen molar-refractivity contribution in [2.24, 2.45) is 0 Å². The fourth-order valence-electron chi connectivity index (χ4n) is 2.19. The summed E-state index contributed by atoms with van der Waals surface area (Å²) in [5, 5.41) is 0.202. The molecule has 2 aromatic rings. The molecule has 1 aliphatic rings. The molecule has 3 rings (SSSR count). The topological polar surface area (TPSA) is 64.0 Å². The minimum absolute atomic E-state index is 0.202. The highest BCUT2D eigenvalue weighted by atomic mass is 35.5. The van der Waals surface area contributed by atoms with Gasteiger partial charge in [0, 0.05) is 30.9 Å². The Bertz CT molecular complexity index is 615. The highest BCUT2D eigenvalue weighted by molar-refractivity contribution is 6.28. The van der Waals surface area contributed by atoms with Gasteiger partial charge in [-0.25, -0.2) is 4.98 Å². The molecular formula is C13H14ClN5O. The first-order valence-electron chi connectivity index (χ1n) is 6.43. The lowest BCUT2D eigenvalue weighted by atomic mass is 10.2. The van der Waals surface area contributed by atoms with Gasteiger partial charge in [-0.3, -0.25) is 0 Å². The number of anilines is 1. The Balaban J connectivity index is 1.99. The van der Waals surface area contributed by atoms with Gasteiger partial charge >= 0.3 is 0 Å². The Morgan fingerprint density at radius 2 is 2.00 bits per heavy atom. The van der Waals surface area contributed by atoms with E-state index in [-0.39, 0.29) is 5.28 Å². The number of methoxy groups -OCH3 is 1. The standard InChI is InChI=1S/C13H14ClN5O/c1-20-10-8-9(4-5-15-10)11-16-12(14)18-13(17-11)19-6-2-3-7-19/h4-5,8H,2-3,6-7H2,1H3. The molecule has 104 valence electrons. The summed E-state index contributed by atoms with van der Waals surface area (Å²) < 4.78 is 5.11. The second-order valence-corrected chi connectivity index (χ2v) is 4.85. The molecule has 0 saturated carbocycles. The molecule has 1 fully saturated rings. The van der Waals surface area contributed by atoms with E-state index in [9.17, 15) is 0 Å². The number of halogens is 1. The predicted octanol–water partition coefficient (Wildman–Crippen LogP) is 2.20. The van der Waals surface area contributed by atoms with Crippen LogP contribution >= 0.6 is 11.6 Å². The summed E-state index contributed by atoms with van der Waals surface area (Å²) in [6.45, 7) is 1.92. The largest absolute Gasteiger partial charge is 0.481 e. The summed E-state index contributed by atoms with van der Waals surface area (Å²) in [7, 11) is 1.57. The van der Waals surface area contributed by atoms with Crippen LogP contribution in [-0.2, 0) is 0 Å². The molecule has 0 spiro atoms. The van der Waals surface area contributed by atoms with E-state index in [0.29, 0.717) is 17.7 Å². The summed E-state index contributed by atoms with van der Waals surface area (Å²) in [4.78, 5) is 19.1. The first-order valence-corrected chi connectivity index (χ1v) is 6.81. The molecule has 6 nitrogen and oxygen atoms in total. The van der Waals surface area contributed by atoms with Gasteiger partial charge in [0.1, 0.15) is 0 Å². The molecule has 0 unspecified atom stereocenters. The molecule has 1 aliphatic heterocycles. The number of rotatable bonds is 3. The molecule has 0 radical (unpaired) electrons. The zero-order chi connectivity index (χ0) is 13.9. The number of aromatic nitrogens is 4. The van der Waals surface area contributed by atoms with Gasteiger partial charge < -0.3 is 9.64 Å². The van der Waals surface area contributed by atoms with E-state index >= 15 is 0 Å². The predicted molar refractivity (Wildman–Crippen MR) is 76.1 cm³/mol. The zero-order valence-corrected chi connectivity index (χ0v) is 11.8. The second-order valence-electron chi connectivity index (χ2n) is 4.51. The van der Waals surface area contributed by atoms with Crippen LogP contribution in [0.15, 0.2) is 18.3 Å². The molecule has 0 amide bonds. The molecular weight excluding hydrogens is 278 g/mol. The van der Waals surface area contributed by atoms with Gasteiger partial charge in [0.2, 0.25) is 17.1 Å². The minimum atomic E-state index is 0.202. The average Bonchev–Trinajstić information content (AvgIpc) is 3.01. The monoisotopic (exact) mass is 291 g/mol. The lowest BCUT2D eigenvalue weighted by molar-refractivity contribution is 0.398. The summed E-state index contributed by atoms with van der Waals surface area (Å²) in [6.07, 6.45) is 3.96. The van der Waals surface area contributed by atoms with E-state index in [4.69, 9.17) is 16.3 Å². The lowest BCUT2D eigenvalue weighted by Gasteiger charge is -2.15. The highest BCUT2D eigenvalue weighted by Crippen LogP contribution is 2.23. The Kier molecular flexibility index (Phi) is 3.64. The molecule has 7 heteroatoms. The van der Waals surface area contributed by atoms with Crippen LogP contribution in [0, 0.1) is 0 Å². The maximum atomic E-state index is 6.02.